The van der Waals surface area contributed by atoms with E-state index in [1.165, 1.54) is 0 Å². The van der Waals surface area contributed by atoms with Crippen LogP contribution in [0.15, 0.2) is 47.2 Å². The molecule has 8 heteroatoms. The van der Waals surface area contributed by atoms with Gasteiger partial charge in [0.15, 0.2) is 11.6 Å². The van der Waals surface area contributed by atoms with Crippen LogP contribution in [0.5, 0.6) is 0 Å². The summed E-state index contributed by atoms with van der Waals surface area (Å²) in [6.07, 6.45) is 2.79. The summed E-state index contributed by atoms with van der Waals surface area (Å²) in [6, 6.07) is 5.79. The number of allylic oxidation sites excluding steroid dienone is 1. The van der Waals surface area contributed by atoms with Gasteiger partial charge < -0.3 is 18.9 Å². The van der Waals surface area contributed by atoms with Crippen LogP contribution < -0.4 is 4.90 Å². The smallest absolute Gasteiger partial charge is 0.214 e. The molecular formula is C22H26ClN5O2. The Balaban J connectivity index is 2.02. The lowest BCUT2D eigenvalue weighted by atomic mass is 9.95. The number of anilines is 1. The van der Waals surface area contributed by atoms with Crippen molar-refractivity contribution in [3.63, 3.8) is 0 Å². The number of nitrogens with zero attached hydrogens (tertiary/aromatic N) is 5. The van der Waals surface area contributed by atoms with Crippen LogP contribution in [0, 0.1) is 5.92 Å². The zero-order valence-corrected chi connectivity index (χ0v) is 18.3. The summed E-state index contributed by atoms with van der Waals surface area (Å²) in [5, 5.41) is 9.49. The van der Waals surface area contributed by atoms with E-state index >= 15 is 0 Å². The van der Waals surface area contributed by atoms with Crippen molar-refractivity contribution < 1.29 is 9.47 Å². The van der Waals surface area contributed by atoms with E-state index in [1.54, 1.807) is 7.11 Å². The molecule has 3 heterocycles. The third-order valence-corrected chi connectivity index (χ3v) is 5.81. The Morgan fingerprint density at radius 1 is 1.40 bits per heavy atom. The van der Waals surface area contributed by atoms with Gasteiger partial charge in [0.2, 0.25) is 5.90 Å². The quantitative estimate of drug-likeness (QED) is 0.682. The molecule has 1 aromatic carbocycles. The molecule has 0 spiro atoms. The van der Waals surface area contributed by atoms with Crippen molar-refractivity contribution in [1.29, 1.82) is 0 Å². The van der Waals surface area contributed by atoms with E-state index in [0.29, 0.717) is 37.2 Å². The number of benzene rings is 1. The first-order chi connectivity index (χ1) is 14.6. The number of ether oxygens (including phenoxy) is 2. The van der Waals surface area contributed by atoms with Crippen LogP contribution >= 0.6 is 11.6 Å². The lowest BCUT2D eigenvalue weighted by Crippen LogP contribution is -2.26. The average Bonchev–Trinajstić information content (AvgIpc) is 3.38. The lowest BCUT2D eigenvalue weighted by molar-refractivity contribution is 0.174. The predicted octanol–water partition coefficient (Wildman–Crippen LogP) is 4.44. The Hall–Kier alpha value is -2.64. The Bertz CT molecular complexity index is 1030. The third kappa shape index (κ3) is 3.52. The van der Waals surface area contributed by atoms with Crippen molar-refractivity contribution in [3.8, 4) is 11.4 Å². The third-order valence-electron chi connectivity index (χ3n) is 5.57. The van der Waals surface area contributed by atoms with Crippen LogP contribution in [0.3, 0.4) is 0 Å². The normalized spacial score (nSPS) is 18.1. The number of fused-ring (bicyclic) bond motifs is 3. The van der Waals surface area contributed by atoms with E-state index in [2.05, 4.69) is 45.1 Å². The molecular weight excluding hydrogens is 402 g/mol. The van der Waals surface area contributed by atoms with Gasteiger partial charge in [-0.2, -0.15) is 0 Å². The van der Waals surface area contributed by atoms with Crippen LogP contribution in [-0.4, -0.2) is 40.9 Å². The van der Waals surface area contributed by atoms with Crippen molar-refractivity contribution in [2.24, 2.45) is 10.9 Å². The highest BCUT2D eigenvalue weighted by atomic mass is 35.5. The Morgan fingerprint density at radius 3 is 2.90 bits per heavy atom. The standard InChI is InChI=1S/C22H26ClN5O2/c1-5-14(3)20(22-24-9-10-30-22)18-12-28-19(13-29-4)25-26-21(28)16-11-15(23)7-8-17(16)27(18)6-2/h6-8,11,14H,2,5,9-10,12-13H2,1,3-4H3/b20-18+. The number of rotatable bonds is 6. The maximum absolute atomic E-state index is 6.35. The van der Waals surface area contributed by atoms with E-state index in [1.807, 2.05) is 24.4 Å². The maximum atomic E-state index is 6.35. The summed E-state index contributed by atoms with van der Waals surface area (Å²) < 4.78 is 13.4. The first-order valence-corrected chi connectivity index (χ1v) is 10.5. The first-order valence-electron chi connectivity index (χ1n) is 10.1. The Kier molecular flexibility index (Phi) is 5.92. The summed E-state index contributed by atoms with van der Waals surface area (Å²) >= 11 is 6.35. The summed E-state index contributed by atoms with van der Waals surface area (Å²) in [7, 11) is 1.65. The van der Waals surface area contributed by atoms with E-state index in [0.717, 1.165) is 40.6 Å². The van der Waals surface area contributed by atoms with Crippen LogP contribution in [0.1, 0.15) is 26.1 Å². The predicted molar refractivity (Wildman–Crippen MR) is 119 cm³/mol. The van der Waals surface area contributed by atoms with E-state index in [4.69, 9.17) is 21.1 Å². The number of aliphatic imine (C=N–C) groups is 1. The maximum Gasteiger partial charge on any atom is 0.214 e. The topological polar surface area (TPSA) is 64.8 Å². The molecule has 0 N–H and O–H groups in total. The van der Waals surface area contributed by atoms with Gasteiger partial charge in [-0.25, -0.2) is 4.99 Å². The van der Waals surface area contributed by atoms with E-state index in [-0.39, 0.29) is 5.92 Å². The molecule has 4 rings (SSSR count). The highest BCUT2D eigenvalue weighted by molar-refractivity contribution is 6.31. The van der Waals surface area contributed by atoms with Crippen molar-refractivity contribution in [1.82, 2.24) is 14.8 Å². The van der Waals surface area contributed by atoms with Crippen LogP contribution in [0.4, 0.5) is 5.69 Å². The second-order valence-electron chi connectivity index (χ2n) is 7.38. The summed E-state index contributed by atoms with van der Waals surface area (Å²) in [5.74, 6) is 2.46. The molecule has 2 aliphatic heterocycles. The molecule has 0 amide bonds. The van der Waals surface area contributed by atoms with Crippen molar-refractivity contribution in [2.45, 2.75) is 33.4 Å². The fourth-order valence-corrected chi connectivity index (χ4v) is 4.12. The van der Waals surface area contributed by atoms with Crippen molar-refractivity contribution in [3.05, 3.63) is 53.1 Å². The number of aromatic nitrogens is 3. The molecule has 0 saturated heterocycles. The van der Waals surface area contributed by atoms with Crippen LogP contribution in [0.2, 0.25) is 5.02 Å². The Labute approximate surface area is 181 Å². The van der Waals surface area contributed by atoms with Crippen molar-refractivity contribution in [2.75, 3.05) is 25.2 Å². The number of hydrogen-bond donors (Lipinski definition) is 0. The molecule has 0 bridgehead atoms. The van der Waals surface area contributed by atoms with Crippen molar-refractivity contribution >= 4 is 23.2 Å². The summed E-state index contributed by atoms with van der Waals surface area (Å²) in [4.78, 5) is 6.74. The SMILES string of the molecule is C=CN1/C(=C(/C2=NCCO2)C(C)CC)Cn2c(COC)nnc2-c2cc(Cl)ccc21. The summed E-state index contributed by atoms with van der Waals surface area (Å²) in [5.41, 5.74) is 3.96. The van der Waals surface area contributed by atoms with Gasteiger partial charge >= 0.3 is 0 Å². The van der Waals surface area contributed by atoms with Gasteiger partial charge in [-0.05, 0) is 30.5 Å². The molecule has 0 aliphatic carbocycles. The van der Waals surface area contributed by atoms with Gasteiger partial charge in [0.05, 0.1) is 24.5 Å². The van der Waals surface area contributed by atoms with Gasteiger partial charge in [0.1, 0.15) is 13.2 Å². The molecule has 158 valence electrons. The monoisotopic (exact) mass is 427 g/mol. The minimum atomic E-state index is 0.249. The zero-order valence-electron chi connectivity index (χ0n) is 17.6. The van der Waals surface area contributed by atoms with E-state index in [9.17, 15) is 0 Å². The number of halogens is 1. The summed E-state index contributed by atoms with van der Waals surface area (Å²) in [6.45, 7) is 10.7. The minimum Gasteiger partial charge on any atom is -0.476 e. The van der Waals surface area contributed by atoms with Gasteiger partial charge in [0, 0.05) is 29.5 Å². The molecule has 2 aliphatic rings. The van der Waals surface area contributed by atoms with Crippen LogP contribution in [0.25, 0.3) is 11.4 Å². The second-order valence-corrected chi connectivity index (χ2v) is 7.81. The van der Waals surface area contributed by atoms with E-state index < -0.39 is 0 Å². The highest BCUT2D eigenvalue weighted by Gasteiger charge is 2.31. The van der Waals surface area contributed by atoms with Crippen LogP contribution in [-0.2, 0) is 22.6 Å². The molecule has 1 atom stereocenters. The number of hydrogen-bond acceptors (Lipinski definition) is 6. The fourth-order valence-electron chi connectivity index (χ4n) is 3.95. The Morgan fingerprint density at radius 2 is 2.23 bits per heavy atom. The van der Waals surface area contributed by atoms with Gasteiger partial charge in [-0.3, -0.25) is 0 Å². The largest absolute Gasteiger partial charge is 0.476 e. The molecule has 0 radical (unpaired) electrons. The molecule has 1 aromatic heterocycles. The second kappa shape index (κ2) is 8.62. The highest BCUT2D eigenvalue weighted by Crippen LogP contribution is 2.40. The minimum absolute atomic E-state index is 0.249. The molecule has 1 unspecified atom stereocenters. The zero-order chi connectivity index (χ0) is 21.3. The van der Waals surface area contributed by atoms with Gasteiger partial charge in [-0.1, -0.05) is 32.0 Å². The lowest BCUT2D eigenvalue weighted by Gasteiger charge is -2.28. The molecule has 0 saturated carbocycles. The number of methoxy groups -OCH3 is 1. The molecule has 2 aromatic rings. The molecule has 30 heavy (non-hydrogen) atoms. The van der Waals surface area contributed by atoms with Gasteiger partial charge in [-0.15, -0.1) is 10.2 Å². The van der Waals surface area contributed by atoms with Gasteiger partial charge in [0.25, 0.3) is 0 Å². The molecule has 0 fully saturated rings. The fraction of sp³-hybridized carbons (Fsp3) is 0.409. The molecule has 7 nitrogen and oxygen atoms in total. The first kappa shape index (κ1) is 20.6. The average molecular weight is 428 g/mol.